The van der Waals surface area contributed by atoms with Crippen molar-refractivity contribution in [1.82, 2.24) is 25.1 Å². The predicted octanol–water partition coefficient (Wildman–Crippen LogP) is 1.76. The summed E-state index contributed by atoms with van der Waals surface area (Å²) in [6.45, 7) is 0. The van der Waals surface area contributed by atoms with Gasteiger partial charge in [0, 0.05) is 38.3 Å². The van der Waals surface area contributed by atoms with Gasteiger partial charge in [-0.05, 0) is 36.8 Å². The van der Waals surface area contributed by atoms with E-state index in [2.05, 4.69) is 20.5 Å². The van der Waals surface area contributed by atoms with E-state index in [1.807, 2.05) is 11.9 Å². The third-order valence-corrected chi connectivity index (χ3v) is 6.45. The molecular weight excluding hydrogens is 387 g/mol. The van der Waals surface area contributed by atoms with E-state index in [0.717, 1.165) is 24.6 Å². The summed E-state index contributed by atoms with van der Waals surface area (Å²) in [4.78, 5) is 18.0. The van der Waals surface area contributed by atoms with E-state index in [9.17, 15) is 14.3 Å². The number of phenols is 1. The van der Waals surface area contributed by atoms with Gasteiger partial charge >= 0.3 is 0 Å². The highest BCUT2D eigenvalue weighted by Gasteiger charge is 2.43. The smallest absolute Gasteiger partial charge is 0.250 e. The van der Waals surface area contributed by atoms with Crippen molar-refractivity contribution in [1.29, 1.82) is 0 Å². The fraction of sp³-hybridized carbons (Fsp3) is 0.429. The van der Waals surface area contributed by atoms with E-state index >= 15 is 0 Å². The largest absolute Gasteiger partial charge is 0.507 e. The summed E-state index contributed by atoms with van der Waals surface area (Å²) in [6.07, 6.45) is 3.19. The topological polar surface area (TPSA) is 96.2 Å². The highest BCUT2D eigenvalue weighted by atomic mass is 19.1. The molecule has 2 bridgehead atoms. The van der Waals surface area contributed by atoms with Crippen molar-refractivity contribution in [2.45, 2.75) is 43.6 Å². The lowest BCUT2D eigenvalue weighted by Gasteiger charge is -2.38. The van der Waals surface area contributed by atoms with Crippen molar-refractivity contribution in [2.75, 3.05) is 11.9 Å². The molecule has 0 unspecified atom stereocenters. The Bertz CT molecular complexity index is 1160. The number of phenolic OH excluding ortho intramolecular Hbond substituents is 1. The molecule has 2 fully saturated rings. The molecule has 0 amide bonds. The standard InChI is InChI=1S/C21H23FN6O2/c1-27(16-8-12-4-5-14(24-12)20(16)22)18-10-23-21(26-25-18)13-7-11-3-6-19(30)28(2)15(11)9-17(13)29/h3,6-7,9-10,12,14,16,20,24,29H,4-5,8H2,1-2H3/t12-,14+,16-,20+/m0/s1. The first-order valence-electron chi connectivity index (χ1n) is 10.1. The van der Waals surface area contributed by atoms with Gasteiger partial charge in [-0.2, -0.15) is 0 Å². The zero-order chi connectivity index (χ0) is 21.0. The highest BCUT2D eigenvalue weighted by molar-refractivity contribution is 5.87. The molecule has 8 nitrogen and oxygen atoms in total. The van der Waals surface area contributed by atoms with E-state index in [-0.39, 0.29) is 29.2 Å². The molecule has 2 aliphatic heterocycles. The van der Waals surface area contributed by atoms with Gasteiger partial charge in [0.25, 0.3) is 5.56 Å². The molecule has 2 N–H and O–H groups in total. The quantitative estimate of drug-likeness (QED) is 0.679. The zero-order valence-corrected chi connectivity index (χ0v) is 16.8. The van der Waals surface area contributed by atoms with Crippen LogP contribution in [0, 0.1) is 0 Å². The monoisotopic (exact) mass is 410 g/mol. The van der Waals surface area contributed by atoms with Crippen LogP contribution in [0.5, 0.6) is 5.75 Å². The third-order valence-electron chi connectivity index (χ3n) is 6.45. The van der Waals surface area contributed by atoms with Crippen LogP contribution in [0.15, 0.2) is 35.3 Å². The Labute approximate surface area is 172 Å². The Kier molecular flexibility index (Phi) is 4.43. The SMILES string of the molecule is CN(c1cnc(-c2cc3ccc(=O)n(C)c3cc2O)nn1)[C@H]1C[C@@H]2CC[C@@H](N2)[C@H]1F. The fourth-order valence-corrected chi connectivity index (χ4v) is 4.66. The Morgan fingerprint density at radius 1 is 1.27 bits per heavy atom. The van der Waals surface area contributed by atoms with Crippen molar-refractivity contribution in [3.8, 4) is 17.1 Å². The van der Waals surface area contributed by atoms with E-state index in [1.54, 1.807) is 25.4 Å². The van der Waals surface area contributed by atoms with Gasteiger partial charge in [0.05, 0.1) is 23.3 Å². The number of rotatable bonds is 3. The number of fused-ring (bicyclic) bond motifs is 3. The molecule has 0 radical (unpaired) electrons. The molecule has 3 aromatic rings. The van der Waals surface area contributed by atoms with Crippen LogP contribution in [0.2, 0.25) is 0 Å². The lowest BCUT2D eigenvalue weighted by atomic mass is 9.96. The van der Waals surface area contributed by atoms with E-state index in [4.69, 9.17) is 0 Å². The maximum absolute atomic E-state index is 14.9. The van der Waals surface area contributed by atoms with Crippen LogP contribution in [-0.4, -0.2) is 56.2 Å². The molecular formula is C21H23FN6O2. The number of aromatic nitrogens is 4. The van der Waals surface area contributed by atoms with Crippen LogP contribution in [0.4, 0.5) is 10.2 Å². The number of hydrogen-bond acceptors (Lipinski definition) is 7. The second-order valence-electron chi connectivity index (χ2n) is 8.20. The molecule has 9 heteroatoms. The van der Waals surface area contributed by atoms with E-state index in [0.29, 0.717) is 22.9 Å². The zero-order valence-electron chi connectivity index (χ0n) is 16.8. The molecule has 1 aromatic carbocycles. The number of pyridine rings is 1. The van der Waals surface area contributed by atoms with Crippen molar-refractivity contribution in [3.63, 3.8) is 0 Å². The van der Waals surface area contributed by atoms with Gasteiger partial charge in [0.2, 0.25) is 0 Å². The second-order valence-corrected chi connectivity index (χ2v) is 8.20. The van der Waals surface area contributed by atoms with E-state index in [1.165, 1.54) is 16.7 Å². The number of aryl methyl sites for hydroxylation is 1. The first-order valence-corrected chi connectivity index (χ1v) is 10.1. The Hall–Kier alpha value is -3.07. The molecule has 0 spiro atoms. The van der Waals surface area contributed by atoms with Crippen LogP contribution in [0.3, 0.4) is 0 Å². The van der Waals surface area contributed by atoms with Crippen LogP contribution in [-0.2, 0) is 7.05 Å². The Morgan fingerprint density at radius 2 is 2.10 bits per heavy atom. The first kappa shape index (κ1) is 18.9. The number of anilines is 1. The molecule has 4 atom stereocenters. The first-order chi connectivity index (χ1) is 14.4. The molecule has 0 saturated carbocycles. The predicted molar refractivity (Wildman–Crippen MR) is 111 cm³/mol. The van der Waals surface area contributed by atoms with Crippen molar-refractivity contribution >= 4 is 16.7 Å². The molecule has 0 aliphatic carbocycles. The number of nitrogens with zero attached hydrogens (tertiary/aromatic N) is 5. The van der Waals surface area contributed by atoms with Crippen LogP contribution < -0.4 is 15.8 Å². The molecule has 156 valence electrons. The lowest BCUT2D eigenvalue weighted by Crippen LogP contribution is -2.55. The number of alkyl halides is 1. The summed E-state index contributed by atoms with van der Waals surface area (Å²) in [5.74, 6) is 0.725. The summed E-state index contributed by atoms with van der Waals surface area (Å²) < 4.78 is 16.3. The minimum atomic E-state index is -0.966. The lowest BCUT2D eigenvalue weighted by molar-refractivity contribution is 0.176. The van der Waals surface area contributed by atoms with E-state index < -0.39 is 6.17 Å². The molecule has 5 rings (SSSR count). The third kappa shape index (κ3) is 3.00. The van der Waals surface area contributed by atoms with Gasteiger partial charge in [-0.1, -0.05) is 0 Å². The number of aromatic hydroxyl groups is 1. The average Bonchev–Trinajstić information content (AvgIpc) is 3.17. The van der Waals surface area contributed by atoms with Crippen molar-refractivity contribution in [2.24, 2.45) is 7.05 Å². The second kappa shape index (κ2) is 7.02. The van der Waals surface area contributed by atoms with Gasteiger partial charge in [-0.25, -0.2) is 9.37 Å². The Morgan fingerprint density at radius 3 is 2.87 bits per heavy atom. The maximum Gasteiger partial charge on any atom is 0.250 e. The number of nitrogens with one attached hydrogen (secondary N) is 1. The van der Waals surface area contributed by atoms with Gasteiger partial charge < -0.3 is 19.9 Å². The van der Waals surface area contributed by atoms with Gasteiger partial charge in [0.1, 0.15) is 11.9 Å². The fourth-order valence-electron chi connectivity index (χ4n) is 4.66. The van der Waals surface area contributed by atoms with Crippen LogP contribution in [0.25, 0.3) is 22.3 Å². The molecule has 2 saturated heterocycles. The summed E-state index contributed by atoms with van der Waals surface area (Å²) in [6, 6.07) is 6.41. The molecule has 4 heterocycles. The molecule has 2 aliphatic rings. The maximum atomic E-state index is 14.9. The van der Waals surface area contributed by atoms with Crippen LogP contribution in [0.1, 0.15) is 19.3 Å². The Balaban J connectivity index is 1.44. The molecule has 2 aromatic heterocycles. The summed E-state index contributed by atoms with van der Waals surface area (Å²) in [5, 5.41) is 23.0. The highest BCUT2D eigenvalue weighted by Crippen LogP contribution is 2.34. The summed E-state index contributed by atoms with van der Waals surface area (Å²) >= 11 is 0. The number of hydrogen-bond donors (Lipinski definition) is 2. The molecule has 30 heavy (non-hydrogen) atoms. The van der Waals surface area contributed by atoms with Gasteiger partial charge in [0.15, 0.2) is 11.6 Å². The van der Waals surface area contributed by atoms with Crippen molar-refractivity contribution in [3.05, 3.63) is 40.8 Å². The number of halogens is 1. The average molecular weight is 410 g/mol. The normalized spacial score (nSPS) is 25.6. The van der Waals surface area contributed by atoms with Gasteiger partial charge in [-0.3, -0.25) is 4.79 Å². The summed E-state index contributed by atoms with van der Waals surface area (Å²) in [7, 11) is 3.47. The minimum Gasteiger partial charge on any atom is -0.507 e. The number of benzene rings is 1. The van der Waals surface area contributed by atoms with Crippen LogP contribution >= 0.6 is 0 Å². The minimum absolute atomic E-state index is 0.0367. The number of piperidine rings is 1. The van der Waals surface area contributed by atoms with Crippen molar-refractivity contribution < 1.29 is 9.50 Å². The summed E-state index contributed by atoms with van der Waals surface area (Å²) in [5.41, 5.74) is 0.881. The van der Waals surface area contributed by atoms with Gasteiger partial charge in [-0.15, -0.1) is 10.2 Å².